The summed E-state index contributed by atoms with van der Waals surface area (Å²) in [6, 6.07) is 75.8. The van der Waals surface area contributed by atoms with Crippen molar-refractivity contribution < 1.29 is 0 Å². The first kappa shape index (κ1) is 31.0. The van der Waals surface area contributed by atoms with E-state index in [0.717, 1.165) is 22.7 Å². The van der Waals surface area contributed by atoms with E-state index < -0.39 is 0 Å². The van der Waals surface area contributed by atoms with Crippen LogP contribution in [0, 0.1) is 0 Å². The van der Waals surface area contributed by atoms with Crippen molar-refractivity contribution in [1.82, 2.24) is 4.57 Å². The molecule has 1 heterocycles. The van der Waals surface area contributed by atoms with Gasteiger partial charge in [-0.25, -0.2) is 0 Å². The SMILES string of the molecule is c1ccc2c(c1)-c1cccc3cc(N(c4ccc(-c5cccc6ccccc56)cc4)c4ccc(-n5c6ccccc6c6cc7ccccc7cc65)cc4)cc-2c13. The molecule has 0 N–H and O–H groups in total. The smallest absolute Gasteiger partial charge is 0.0547 e. The third kappa shape index (κ3) is 4.63. The number of hydrogen-bond donors (Lipinski definition) is 0. The molecular formula is C54H34N2. The Labute approximate surface area is 324 Å². The molecule has 0 aliphatic heterocycles. The van der Waals surface area contributed by atoms with Crippen LogP contribution in [0.3, 0.4) is 0 Å². The lowest BCUT2D eigenvalue weighted by Crippen LogP contribution is -2.10. The molecule has 1 aromatic heterocycles. The average Bonchev–Trinajstić information content (AvgIpc) is 3.76. The van der Waals surface area contributed by atoms with Crippen LogP contribution in [0.25, 0.3) is 93.2 Å². The van der Waals surface area contributed by atoms with Crippen molar-refractivity contribution in [3.8, 4) is 39.1 Å². The fourth-order valence-corrected chi connectivity index (χ4v) is 9.33. The van der Waals surface area contributed by atoms with Gasteiger partial charge in [-0.05, 0) is 132 Å². The van der Waals surface area contributed by atoms with Crippen molar-refractivity contribution in [3.63, 3.8) is 0 Å². The Morgan fingerprint density at radius 1 is 0.304 bits per heavy atom. The highest BCUT2D eigenvalue weighted by Gasteiger charge is 2.24. The molecule has 0 spiro atoms. The standard InChI is InChI=1S/C54H34N2/c1-2-13-38-33-53-50(32-37(38)12-1)48-19-7-8-22-52(48)56(53)42-29-27-41(28-30-42)55(40-25-23-36(24-26-40)45-20-9-14-35-11-3-4-16-44(35)45)43-31-39-15-10-21-49-46-17-5-6-18-47(46)51(34-43)54(39)49/h1-34H. The normalized spacial score (nSPS) is 11.9. The van der Waals surface area contributed by atoms with E-state index in [2.05, 4.69) is 216 Å². The van der Waals surface area contributed by atoms with Crippen LogP contribution in [0.5, 0.6) is 0 Å². The maximum Gasteiger partial charge on any atom is 0.0547 e. The average molecular weight is 711 g/mol. The molecule has 0 radical (unpaired) electrons. The van der Waals surface area contributed by atoms with Gasteiger partial charge in [0, 0.05) is 33.5 Å². The molecule has 11 aromatic rings. The van der Waals surface area contributed by atoms with Gasteiger partial charge in [-0.2, -0.15) is 0 Å². The Balaban J connectivity index is 1.04. The van der Waals surface area contributed by atoms with Gasteiger partial charge in [-0.3, -0.25) is 0 Å². The third-order valence-electron chi connectivity index (χ3n) is 11.9. The molecule has 0 unspecified atom stereocenters. The fraction of sp³-hybridized carbons (Fsp3) is 0. The number of nitrogens with zero attached hydrogens (tertiary/aromatic N) is 2. The van der Waals surface area contributed by atoms with Gasteiger partial charge in [0.05, 0.1) is 11.0 Å². The van der Waals surface area contributed by atoms with Crippen molar-refractivity contribution in [3.05, 3.63) is 206 Å². The predicted octanol–water partition coefficient (Wildman–Crippen LogP) is 15.0. The molecule has 0 saturated heterocycles. The minimum absolute atomic E-state index is 1.10. The van der Waals surface area contributed by atoms with Gasteiger partial charge >= 0.3 is 0 Å². The van der Waals surface area contributed by atoms with Crippen molar-refractivity contribution >= 4 is 71.2 Å². The maximum atomic E-state index is 2.42. The largest absolute Gasteiger partial charge is 0.310 e. The van der Waals surface area contributed by atoms with Gasteiger partial charge in [0.25, 0.3) is 0 Å². The van der Waals surface area contributed by atoms with E-state index in [9.17, 15) is 0 Å². The molecule has 0 amide bonds. The van der Waals surface area contributed by atoms with Crippen molar-refractivity contribution in [2.45, 2.75) is 0 Å². The van der Waals surface area contributed by atoms with Gasteiger partial charge in [-0.1, -0.05) is 140 Å². The minimum Gasteiger partial charge on any atom is -0.310 e. The van der Waals surface area contributed by atoms with Crippen LogP contribution in [-0.4, -0.2) is 4.57 Å². The molecule has 0 atom stereocenters. The molecule has 0 fully saturated rings. The maximum absolute atomic E-state index is 2.42. The van der Waals surface area contributed by atoms with E-state index >= 15 is 0 Å². The molecule has 2 heteroatoms. The van der Waals surface area contributed by atoms with E-state index in [4.69, 9.17) is 0 Å². The summed E-state index contributed by atoms with van der Waals surface area (Å²) < 4.78 is 2.42. The molecule has 12 rings (SSSR count). The molecule has 260 valence electrons. The summed E-state index contributed by atoms with van der Waals surface area (Å²) in [7, 11) is 0. The molecule has 1 aliphatic carbocycles. The summed E-state index contributed by atoms with van der Waals surface area (Å²) >= 11 is 0. The second-order valence-electron chi connectivity index (χ2n) is 14.9. The predicted molar refractivity (Wildman–Crippen MR) is 238 cm³/mol. The lowest BCUT2D eigenvalue weighted by Gasteiger charge is -2.27. The summed E-state index contributed by atoms with van der Waals surface area (Å²) in [5, 5.41) is 10.1. The number of para-hydroxylation sites is 1. The van der Waals surface area contributed by atoms with Crippen LogP contribution in [0.4, 0.5) is 17.1 Å². The van der Waals surface area contributed by atoms with Gasteiger partial charge in [0.1, 0.15) is 0 Å². The first-order valence-electron chi connectivity index (χ1n) is 19.3. The van der Waals surface area contributed by atoms with Crippen LogP contribution in [0.2, 0.25) is 0 Å². The van der Waals surface area contributed by atoms with Crippen LogP contribution in [0.15, 0.2) is 206 Å². The highest BCUT2D eigenvalue weighted by Crippen LogP contribution is 2.50. The lowest BCUT2D eigenvalue weighted by atomic mass is 9.98. The van der Waals surface area contributed by atoms with Crippen molar-refractivity contribution in [2.75, 3.05) is 4.90 Å². The first-order valence-corrected chi connectivity index (χ1v) is 19.3. The lowest BCUT2D eigenvalue weighted by molar-refractivity contribution is 1.17. The van der Waals surface area contributed by atoms with Gasteiger partial charge in [0.2, 0.25) is 0 Å². The van der Waals surface area contributed by atoms with Crippen LogP contribution >= 0.6 is 0 Å². The zero-order valence-electron chi connectivity index (χ0n) is 30.5. The van der Waals surface area contributed by atoms with Crippen LogP contribution in [0.1, 0.15) is 0 Å². The van der Waals surface area contributed by atoms with Gasteiger partial charge in [0.15, 0.2) is 0 Å². The van der Waals surface area contributed by atoms with Crippen molar-refractivity contribution in [1.29, 1.82) is 0 Å². The Hall–Kier alpha value is -7.42. The van der Waals surface area contributed by atoms with E-state index in [1.807, 2.05) is 0 Å². The number of aromatic nitrogens is 1. The highest BCUT2D eigenvalue weighted by molar-refractivity contribution is 6.17. The van der Waals surface area contributed by atoms with Crippen LogP contribution in [-0.2, 0) is 0 Å². The third-order valence-corrected chi connectivity index (χ3v) is 11.9. The fourth-order valence-electron chi connectivity index (χ4n) is 9.33. The summed E-state index contributed by atoms with van der Waals surface area (Å²) in [5.41, 5.74) is 14.6. The number of hydrogen-bond acceptors (Lipinski definition) is 1. The van der Waals surface area contributed by atoms with E-state index in [1.165, 1.54) is 87.5 Å². The molecule has 2 nitrogen and oxygen atoms in total. The second kappa shape index (κ2) is 12.0. The van der Waals surface area contributed by atoms with E-state index in [-0.39, 0.29) is 0 Å². The van der Waals surface area contributed by atoms with Crippen LogP contribution < -0.4 is 4.90 Å². The molecule has 1 aliphatic rings. The molecule has 0 saturated carbocycles. The topological polar surface area (TPSA) is 8.17 Å². The van der Waals surface area contributed by atoms with Gasteiger partial charge in [-0.15, -0.1) is 0 Å². The molecule has 0 bridgehead atoms. The Morgan fingerprint density at radius 2 is 0.875 bits per heavy atom. The number of fused-ring (bicyclic) bond motifs is 8. The summed E-state index contributed by atoms with van der Waals surface area (Å²) in [4.78, 5) is 2.42. The summed E-state index contributed by atoms with van der Waals surface area (Å²) in [5.74, 6) is 0. The highest BCUT2D eigenvalue weighted by atomic mass is 15.1. The van der Waals surface area contributed by atoms with E-state index in [0.29, 0.717) is 0 Å². The number of benzene rings is 10. The Bertz CT molecular complexity index is 3350. The quantitative estimate of drug-likeness (QED) is 0.173. The van der Waals surface area contributed by atoms with Crippen molar-refractivity contribution in [2.24, 2.45) is 0 Å². The molecular weight excluding hydrogens is 677 g/mol. The summed E-state index contributed by atoms with van der Waals surface area (Å²) in [6.45, 7) is 0. The number of anilines is 3. The van der Waals surface area contributed by atoms with Gasteiger partial charge < -0.3 is 9.47 Å². The van der Waals surface area contributed by atoms with E-state index in [1.54, 1.807) is 0 Å². The Morgan fingerprint density at radius 3 is 1.66 bits per heavy atom. The number of rotatable bonds is 5. The zero-order chi connectivity index (χ0) is 36.7. The molecule has 56 heavy (non-hydrogen) atoms. The monoisotopic (exact) mass is 710 g/mol. The zero-order valence-corrected chi connectivity index (χ0v) is 30.5. The Kier molecular flexibility index (Phi) is 6.66. The first-order chi connectivity index (χ1) is 27.8. The minimum atomic E-state index is 1.10. The summed E-state index contributed by atoms with van der Waals surface area (Å²) in [6.07, 6.45) is 0. The molecule has 10 aromatic carbocycles. The second-order valence-corrected chi connectivity index (χ2v) is 14.9.